The van der Waals surface area contributed by atoms with Crippen LogP contribution in [0.25, 0.3) is 0 Å². The summed E-state index contributed by atoms with van der Waals surface area (Å²) in [7, 11) is 0. The standard InChI is InChI=1S/C14H22N4O.ClH/c1-4-13-12(8-10(3)17-18-13)14(19)16-11-5-6-15-9(2)7-11;/h8-9,11,15H,4-7H2,1-3H3,(H,16,19);1H. The van der Waals surface area contributed by atoms with Crippen molar-refractivity contribution in [2.75, 3.05) is 6.54 Å². The summed E-state index contributed by atoms with van der Waals surface area (Å²) in [5.74, 6) is -0.0195. The molecule has 20 heavy (non-hydrogen) atoms. The highest BCUT2D eigenvalue weighted by molar-refractivity contribution is 5.95. The molecule has 0 saturated carbocycles. The van der Waals surface area contributed by atoms with E-state index in [1.54, 1.807) is 0 Å². The summed E-state index contributed by atoms with van der Waals surface area (Å²) in [6, 6.07) is 2.54. The zero-order chi connectivity index (χ0) is 13.8. The first kappa shape index (κ1) is 16.9. The van der Waals surface area contributed by atoms with E-state index in [2.05, 4.69) is 27.8 Å². The van der Waals surface area contributed by atoms with Gasteiger partial charge in [-0.3, -0.25) is 4.79 Å². The lowest BCUT2D eigenvalue weighted by atomic mass is 10.00. The van der Waals surface area contributed by atoms with E-state index in [1.807, 2.05) is 19.9 Å². The number of hydrogen-bond donors (Lipinski definition) is 2. The molecule has 1 fully saturated rings. The van der Waals surface area contributed by atoms with E-state index in [0.717, 1.165) is 37.2 Å². The van der Waals surface area contributed by atoms with Crippen LogP contribution in [0.4, 0.5) is 0 Å². The second-order valence-corrected chi connectivity index (χ2v) is 5.25. The van der Waals surface area contributed by atoms with Crippen molar-refractivity contribution in [3.63, 3.8) is 0 Å². The normalized spacial score (nSPS) is 21.9. The highest BCUT2D eigenvalue weighted by Gasteiger charge is 2.21. The fourth-order valence-electron chi connectivity index (χ4n) is 2.50. The molecular weight excluding hydrogens is 276 g/mol. The minimum absolute atomic E-state index is 0. The molecule has 1 aromatic heterocycles. The summed E-state index contributed by atoms with van der Waals surface area (Å²) in [5, 5.41) is 14.6. The van der Waals surface area contributed by atoms with Gasteiger partial charge in [-0.25, -0.2) is 0 Å². The van der Waals surface area contributed by atoms with E-state index >= 15 is 0 Å². The van der Waals surface area contributed by atoms with Crippen LogP contribution in [-0.4, -0.2) is 34.7 Å². The Morgan fingerprint density at radius 1 is 1.50 bits per heavy atom. The molecule has 1 aliphatic heterocycles. The molecule has 0 bridgehead atoms. The van der Waals surface area contributed by atoms with E-state index in [-0.39, 0.29) is 24.4 Å². The van der Waals surface area contributed by atoms with Gasteiger partial charge in [-0.2, -0.15) is 10.2 Å². The van der Waals surface area contributed by atoms with Crippen LogP contribution in [0.3, 0.4) is 0 Å². The maximum absolute atomic E-state index is 12.4. The third-order valence-electron chi connectivity index (χ3n) is 3.53. The van der Waals surface area contributed by atoms with Crippen LogP contribution >= 0.6 is 12.4 Å². The van der Waals surface area contributed by atoms with Gasteiger partial charge in [0.15, 0.2) is 0 Å². The first-order valence-electron chi connectivity index (χ1n) is 6.97. The predicted octanol–water partition coefficient (Wildman–Crippen LogP) is 1.64. The Morgan fingerprint density at radius 3 is 2.90 bits per heavy atom. The average Bonchev–Trinajstić information content (AvgIpc) is 2.38. The van der Waals surface area contributed by atoms with Crippen LogP contribution in [0.15, 0.2) is 6.07 Å². The lowest BCUT2D eigenvalue weighted by molar-refractivity contribution is 0.0924. The zero-order valence-electron chi connectivity index (χ0n) is 12.3. The maximum atomic E-state index is 12.4. The van der Waals surface area contributed by atoms with Gasteiger partial charge >= 0.3 is 0 Å². The Morgan fingerprint density at radius 2 is 2.25 bits per heavy atom. The number of halogens is 1. The van der Waals surface area contributed by atoms with Gasteiger partial charge in [0.1, 0.15) is 0 Å². The van der Waals surface area contributed by atoms with Gasteiger partial charge in [-0.1, -0.05) is 6.92 Å². The summed E-state index contributed by atoms with van der Waals surface area (Å²) < 4.78 is 0. The van der Waals surface area contributed by atoms with Gasteiger partial charge < -0.3 is 10.6 Å². The summed E-state index contributed by atoms with van der Waals surface area (Å²) in [4.78, 5) is 12.4. The molecule has 112 valence electrons. The molecule has 2 N–H and O–H groups in total. The molecule has 1 saturated heterocycles. The Hall–Kier alpha value is -1.20. The maximum Gasteiger partial charge on any atom is 0.253 e. The van der Waals surface area contributed by atoms with Crippen molar-refractivity contribution in [2.24, 2.45) is 0 Å². The average molecular weight is 299 g/mol. The van der Waals surface area contributed by atoms with Gasteiger partial charge in [0.2, 0.25) is 0 Å². The summed E-state index contributed by atoms with van der Waals surface area (Å²) in [6.45, 7) is 6.95. The molecule has 0 aliphatic carbocycles. The van der Waals surface area contributed by atoms with Gasteiger partial charge in [0.05, 0.1) is 17.0 Å². The highest BCUT2D eigenvalue weighted by Crippen LogP contribution is 2.12. The summed E-state index contributed by atoms with van der Waals surface area (Å²) in [6.07, 6.45) is 2.68. The zero-order valence-corrected chi connectivity index (χ0v) is 13.1. The first-order valence-corrected chi connectivity index (χ1v) is 6.97. The van der Waals surface area contributed by atoms with Crippen molar-refractivity contribution in [1.29, 1.82) is 0 Å². The van der Waals surface area contributed by atoms with Crippen LogP contribution in [0.2, 0.25) is 0 Å². The lowest BCUT2D eigenvalue weighted by Crippen LogP contribution is -2.46. The lowest BCUT2D eigenvalue weighted by Gasteiger charge is -2.28. The number of amides is 1. The number of aryl methyl sites for hydroxylation is 2. The van der Waals surface area contributed by atoms with Crippen LogP contribution in [-0.2, 0) is 6.42 Å². The molecule has 1 aliphatic rings. The van der Waals surface area contributed by atoms with E-state index < -0.39 is 0 Å². The number of piperidine rings is 1. The third-order valence-corrected chi connectivity index (χ3v) is 3.53. The SMILES string of the molecule is CCc1nnc(C)cc1C(=O)NC1CCNC(C)C1.Cl. The fraction of sp³-hybridized carbons (Fsp3) is 0.643. The molecule has 2 unspecified atom stereocenters. The Balaban J connectivity index is 0.00000200. The fourth-order valence-corrected chi connectivity index (χ4v) is 2.50. The van der Waals surface area contributed by atoms with Crippen molar-refractivity contribution in [3.05, 3.63) is 23.0 Å². The van der Waals surface area contributed by atoms with Crippen molar-refractivity contribution in [2.45, 2.75) is 52.1 Å². The highest BCUT2D eigenvalue weighted by atomic mass is 35.5. The van der Waals surface area contributed by atoms with Crippen molar-refractivity contribution >= 4 is 18.3 Å². The molecule has 0 spiro atoms. The van der Waals surface area contributed by atoms with Crippen LogP contribution in [0.5, 0.6) is 0 Å². The number of nitrogens with zero attached hydrogens (tertiary/aromatic N) is 2. The number of rotatable bonds is 3. The first-order chi connectivity index (χ1) is 9.10. The quantitative estimate of drug-likeness (QED) is 0.890. The summed E-state index contributed by atoms with van der Waals surface area (Å²) in [5.41, 5.74) is 2.22. The number of carbonyl (C=O) groups excluding carboxylic acids is 1. The number of nitrogens with one attached hydrogen (secondary N) is 2. The number of carbonyl (C=O) groups is 1. The molecule has 0 aromatic carbocycles. The predicted molar refractivity (Wildman–Crippen MR) is 81.3 cm³/mol. The second kappa shape index (κ2) is 7.55. The molecule has 2 heterocycles. The van der Waals surface area contributed by atoms with Crippen LogP contribution < -0.4 is 10.6 Å². The van der Waals surface area contributed by atoms with E-state index in [9.17, 15) is 4.79 Å². The van der Waals surface area contributed by atoms with E-state index in [0.29, 0.717) is 11.6 Å². The molecule has 2 atom stereocenters. The van der Waals surface area contributed by atoms with Gasteiger partial charge in [0.25, 0.3) is 5.91 Å². The minimum atomic E-state index is -0.0195. The van der Waals surface area contributed by atoms with Crippen molar-refractivity contribution in [1.82, 2.24) is 20.8 Å². The van der Waals surface area contributed by atoms with E-state index in [1.165, 1.54) is 0 Å². The second-order valence-electron chi connectivity index (χ2n) is 5.25. The largest absolute Gasteiger partial charge is 0.349 e. The van der Waals surface area contributed by atoms with Crippen molar-refractivity contribution < 1.29 is 4.79 Å². The van der Waals surface area contributed by atoms with Gasteiger partial charge in [-0.15, -0.1) is 12.4 Å². The number of hydrogen-bond acceptors (Lipinski definition) is 4. The molecule has 1 amide bonds. The van der Waals surface area contributed by atoms with E-state index in [4.69, 9.17) is 0 Å². The Bertz CT molecular complexity index is 466. The Kier molecular flexibility index (Phi) is 6.36. The Labute approximate surface area is 126 Å². The third kappa shape index (κ3) is 4.15. The van der Waals surface area contributed by atoms with Gasteiger partial charge in [-0.05, 0) is 45.7 Å². The molecule has 5 nitrogen and oxygen atoms in total. The molecule has 0 radical (unpaired) electrons. The van der Waals surface area contributed by atoms with Crippen molar-refractivity contribution in [3.8, 4) is 0 Å². The summed E-state index contributed by atoms with van der Waals surface area (Å²) >= 11 is 0. The monoisotopic (exact) mass is 298 g/mol. The van der Waals surface area contributed by atoms with Crippen LogP contribution in [0, 0.1) is 6.92 Å². The van der Waals surface area contributed by atoms with Crippen LogP contribution in [0.1, 0.15) is 48.4 Å². The molecule has 6 heteroatoms. The number of aromatic nitrogens is 2. The minimum Gasteiger partial charge on any atom is -0.349 e. The smallest absolute Gasteiger partial charge is 0.253 e. The van der Waals surface area contributed by atoms with Gasteiger partial charge in [0, 0.05) is 12.1 Å². The molecule has 2 rings (SSSR count). The molecule has 1 aromatic rings. The topological polar surface area (TPSA) is 66.9 Å². The molecular formula is C14H23ClN4O.